The average molecular weight is 265 g/mol. The summed E-state index contributed by atoms with van der Waals surface area (Å²) >= 11 is 0. The van der Waals surface area contributed by atoms with Crippen molar-refractivity contribution in [2.24, 2.45) is 0 Å². The van der Waals surface area contributed by atoms with Crippen LogP contribution < -0.4 is 10.6 Å². The van der Waals surface area contributed by atoms with Gasteiger partial charge in [-0.3, -0.25) is 4.79 Å². The third-order valence-electron chi connectivity index (χ3n) is 2.08. The smallest absolute Gasteiger partial charge is 0.324 e. The number of alkyl halides is 4. The summed E-state index contributed by atoms with van der Waals surface area (Å²) in [4.78, 5) is 15.3. The van der Waals surface area contributed by atoms with Crippen molar-refractivity contribution in [2.75, 3.05) is 18.9 Å². The molecule has 0 bridgehead atoms. The Balaban J connectivity index is 2.66. The molecule has 0 unspecified atom stereocenters. The fraction of sp³-hybridized carbons (Fsp3) is 0.400. The molecule has 0 aliphatic heterocycles. The first-order valence-corrected chi connectivity index (χ1v) is 4.95. The Morgan fingerprint density at radius 3 is 2.72 bits per heavy atom. The number of anilines is 1. The van der Waals surface area contributed by atoms with Crippen LogP contribution in [-0.2, 0) is 0 Å². The maximum atomic E-state index is 12.6. The number of pyridine rings is 1. The monoisotopic (exact) mass is 265 g/mol. The lowest BCUT2D eigenvalue weighted by molar-refractivity contribution is -0.123. The lowest BCUT2D eigenvalue weighted by atomic mass is 10.2. The second-order valence-electron chi connectivity index (χ2n) is 3.42. The quantitative estimate of drug-likeness (QED) is 0.797. The number of amides is 1. The summed E-state index contributed by atoms with van der Waals surface area (Å²) in [7, 11) is 1.56. The Bertz CT molecular complexity index is 425. The summed E-state index contributed by atoms with van der Waals surface area (Å²) in [5.41, 5.74) is 0.0550. The van der Waals surface area contributed by atoms with Gasteiger partial charge in [-0.2, -0.15) is 8.78 Å². The first-order valence-electron chi connectivity index (χ1n) is 4.95. The second-order valence-corrected chi connectivity index (χ2v) is 3.42. The Morgan fingerprint density at radius 2 is 2.17 bits per heavy atom. The Labute approximate surface area is 100 Å². The van der Waals surface area contributed by atoms with E-state index in [0.29, 0.717) is 5.82 Å². The van der Waals surface area contributed by atoms with Crippen molar-refractivity contribution in [1.29, 1.82) is 0 Å². The largest absolute Gasteiger partial charge is 0.373 e. The van der Waals surface area contributed by atoms with E-state index in [9.17, 15) is 22.4 Å². The highest BCUT2D eigenvalue weighted by molar-refractivity contribution is 5.94. The normalized spacial score (nSPS) is 11.4. The fourth-order valence-corrected chi connectivity index (χ4v) is 1.09. The van der Waals surface area contributed by atoms with Gasteiger partial charge in [0.15, 0.2) is 0 Å². The van der Waals surface area contributed by atoms with Gasteiger partial charge < -0.3 is 10.6 Å². The third kappa shape index (κ3) is 3.57. The van der Waals surface area contributed by atoms with Crippen molar-refractivity contribution >= 4 is 11.7 Å². The molecule has 18 heavy (non-hydrogen) atoms. The maximum absolute atomic E-state index is 12.6. The number of hydrogen-bond acceptors (Lipinski definition) is 3. The number of halogens is 4. The van der Waals surface area contributed by atoms with Gasteiger partial charge >= 0.3 is 12.3 Å². The van der Waals surface area contributed by atoms with Crippen LogP contribution in [0.3, 0.4) is 0 Å². The van der Waals surface area contributed by atoms with Gasteiger partial charge in [-0.05, 0) is 12.1 Å². The molecule has 1 amide bonds. The van der Waals surface area contributed by atoms with Gasteiger partial charge in [-0.1, -0.05) is 0 Å². The highest BCUT2D eigenvalue weighted by Gasteiger charge is 2.40. The molecule has 0 aliphatic carbocycles. The molecule has 0 atom stereocenters. The molecule has 0 aliphatic rings. The molecule has 100 valence electrons. The zero-order valence-corrected chi connectivity index (χ0v) is 9.38. The van der Waals surface area contributed by atoms with Crippen molar-refractivity contribution in [3.63, 3.8) is 0 Å². The SMILES string of the molecule is CNc1cc(C(=O)NCC(F)(F)C(F)F)ccn1. The zero-order valence-electron chi connectivity index (χ0n) is 9.38. The van der Waals surface area contributed by atoms with Gasteiger partial charge in [0.25, 0.3) is 5.91 Å². The van der Waals surface area contributed by atoms with Crippen LogP contribution in [0.1, 0.15) is 10.4 Å². The zero-order chi connectivity index (χ0) is 13.8. The Morgan fingerprint density at radius 1 is 1.50 bits per heavy atom. The van der Waals surface area contributed by atoms with Crippen molar-refractivity contribution < 1.29 is 22.4 Å². The second kappa shape index (κ2) is 5.65. The molecule has 0 aromatic carbocycles. The third-order valence-corrected chi connectivity index (χ3v) is 2.08. The predicted molar refractivity (Wildman–Crippen MR) is 57.1 cm³/mol. The van der Waals surface area contributed by atoms with Crippen molar-refractivity contribution in [3.8, 4) is 0 Å². The number of carbonyl (C=O) groups excluding carboxylic acids is 1. The average Bonchev–Trinajstić information content (AvgIpc) is 2.36. The van der Waals surface area contributed by atoms with Gasteiger partial charge in [0.2, 0.25) is 0 Å². The summed E-state index contributed by atoms with van der Waals surface area (Å²) in [6.07, 6.45) is -2.52. The van der Waals surface area contributed by atoms with Crippen LogP contribution in [0, 0.1) is 0 Å². The number of nitrogens with zero attached hydrogens (tertiary/aromatic N) is 1. The molecule has 2 N–H and O–H groups in total. The van der Waals surface area contributed by atoms with E-state index >= 15 is 0 Å². The summed E-state index contributed by atoms with van der Waals surface area (Å²) in [5.74, 6) is -4.74. The summed E-state index contributed by atoms with van der Waals surface area (Å²) in [6.45, 7) is -1.42. The molecule has 1 aromatic heterocycles. The topological polar surface area (TPSA) is 54.0 Å². The minimum Gasteiger partial charge on any atom is -0.373 e. The molecule has 0 fully saturated rings. The number of aromatic nitrogens is 1. The minimum atomic E-state index is -4.24. The summed E-state index contributed by atoms with van der Waals surface area (Å²) in [6, 6.07) is 2.60. The van der Waals surface area contributed by atoms with Crippen LogP contribution in [0.15, 0.2) is 18.3 Å². The maximum Gasteiger partial charge on any atom is 0.324 e. The molecule has 0 saturated heterocycles. The van der Waals surface area contributed by atoms with Crippen LogP contribution in [-0.4, -0.2) is 36.8 Å². The van der Waals surface area contributed by atoms with Crippen LogP contribution in [0.25, 0.3) is 0 Å². The van der Waals surface area contributed by atoms with E-state index in [-0.39, 0.29) is 5.56 Å². The molecule has 4 nitrogen and oxygen atoms in total. The van der Waals surface area contributed by atoms with Crippen LogP contribution >= 0.6 is 0 Å². The lowest BCUT2D eigenvalue weighted by Gasteiger charge is -2.15. The van der Waals surface area contributed by atoms with Gasteiger partial charge in [0, 0.05) is 18.8 Å². The Hall–Kier alpha value is -1.86. The van der Waals surface area contributed by atoms with Gasteiger partial charge in [0.1, 0.15) is 5.82 Å². The van der Waals surface area contributed by atoms with Crippen LogP contribution in [0.5, 0.6) is 0 Å². The van der Waals surface area contributed by atoms with Crippen molar-refractivity contribution in [3.05, 3.63) is 23.9 Å². The highest BCUT2D eigenvalue weighted by Crippen LogP contribution is 2.21. The number of rotatable bonds is 5. The van der Waals surface area contributed by atoms with Crippen LogP contribution in [0.4, 0.5) is 23.4 Å². The number of hydrogen-bond donors (Lipinski definition) is 2. The fourth-order valence-electron chi connectivity index (χ4n) is 1.09. The first kappa shape index (κ1) is 14.2. The van der Waals surface area contributed by atoms with Gasteiger partial charge in [-0.25, -0.2) is 13.8 Å². The highest BCUT2D eigenvalue weighted by atomic mass is 19.3. The van der Waals surface area contributed by atoms with Crippen LogP contribution in [0.2, 0.25) is 0 Å². The summed E-state index contributed by atoms with van der Waals surface area (Å²) in [5, 5.41) is 4.40. The molecule has 0 saturated carbocycles. The van der Waals surface area contributed by atoms with Crippen molar-refractivity contribution in [1.82, 2.24) is 10.3 Å². The van der Waals surface area contributed by atoms with Gasteiger partial charge in [0.05, 0.1) is 6.54 Å². The van der Waals surface area contributed by atoms with Crippen molar-refractivity contribution in [2.45, 2.75) is 12.3 Å². The summed E-state index contributed by atoms with van der Waals surface area (Å²) < 4.78 is 48.9. The minimum absolute atomic E-state index is 0.0550. The van der Waals surface area contributed by atoms with E-state index in [1.54, 1.807) is 12.4 Å². The molecule has 0 spiro atoms. The molecule has 1 rings (SSSR count). The predicted octanol–water partition coefficient (Wildman–Crippen LogP) is 1.75. The van der Waals surface area contributed by atoms with Gasteiger partial charge in [-0.15, -0.1) is 0 Å². The van der Waals surface area contributed by atoms with E-state index in [1.807, 2.05) is 0 Å². The number of carbonyl (C=O) groups is 1. The standard InChI is InChI=1S/C10H11F4N3O/c1-15-7-4-6(2-3-16-7)8(18)17-5-10(13,14)9(11)12/h2-4,9H,5H2,1H3,(H,15,16)(H,17,18). The number of nitrogens with one attached hydrogen (secondary N) is 2. The molecular weight excluding hydrogens is 254 g/mol. The van der Waals surface area contributed by atoms with E-state index in [4.69, 9.17) is 0 Å². The molecule has 0 radical (unpaired) electrons. The Kier molecular flexibility index (Phi) is 4.46. The molecule has 1 heterocycles. The molecule has 8 heteroatoms. The lowest BCUT2D eigenvalue weighted by Crippen LogP contribution is -2.41. The molecule has 1 aromatic rings. The van der Waals surface area contributed by atoms with E-state index in [2.05, 4.69) is 10.3 Å². The van der Waals surface area contributed by atoms with E-state index in [1.165, 1.54) is 18.3 Å². The first-order chi connectivity index (χ1) is 8.36. The van der Waals surface area contributed by atoms with E-state index in [0.717, 1.165) is 0 Å². The molecular formula is C10H11F4N3O. The van der Waals surface area contributed by atoms with E-state index < -0.39 is 24.8 Å².